The van der Waals surface area contributed by atoms with Crippen molar-refractivity contribution >= 4 is 11.8 Å². The van der Waals surface area contributed by atoms with Crippen LogP contribution in [0.2, 0.25) is 0 Å². The van der Waals surface area contributed by atoms with Crippen LogP contribution in [0.3, 0.4) is 0 Å². The summed E-state index contributed by atoms with van der Waals surface area (Å²) in [7, 11) is 4.56. The molecule has 0 rings (SSSR count). The Bertz CT molecular complexity index is 284. The number of esters is 1. The van der Waals surface area contributed by atoms with Crippen LogP contribution in [0.1, 0.15) is 46.0 Å². The first-order chi connectivity index (χ1) is 9.44. The van der Waals surface area contributed by atoms with E-state index in [1.54, 1.807) is 14.2 Å². The second-order valence-electron chi connectivity index (χ2n) is 5.30. The molecule has 118 valence electrons. The molecule has 5 nitrogen and oxygen atoms in total. The molecule has 0 aliphatic rings. The van der Waals surface area contributed by atoms with E-state index in [-0.39, 0.29) is 36.8 Å². The van der Waals surface area contributed by atoms with Crippen LogP contribution in [0.25, 0.3) is 0 Å². The molecule has 0 aliphatic carbocycles. The first-order valence-corrected chi connectivity index (χ1v) is 7.08. The number of hydrogen-bond acceptors (Lipinski definition) is 5. The minimum absolute atomic E-state index is 0.112. The van der Waals surface area contributed by atoms with Gasteiger partial charge in [-0.1, -0.05) is 13.8 Å². The zero-order valence-electron chi connectivity index (χ0n) is 13.3. The smallest absolute Gasteiger partial charge is 0.305 e. The topological polar surface area (TPSA) is 61.8 Å². The molecule has 0 saturated carbocycles. The lowest BCUT2D eigenvalue weighted by Gasteiger charge is -2.22. The third kappa shape index (κ3) is 8.27. The van der Waals surface area contributed by atoms with Crippen molar-refractivity contribution in [1.82, 2.24) is 0 Å². The van der Waals surface area contributed by atoms with Gasteiger partial charge in [0.1, 0.15) is 5.78 Å². The Morgan fingerprint density at radius 3 is 2.00 bits per heavy atom. The van der Waals surface area contributed by atoms with Gasteiger partial charge in [0.25, 0.3) is 0 Å². The molecule has 0 bridgehead atoms. The molecule has 0 aromatic heterocycles. The number of carbonyl (C=O) groups is 2. The molecular formula is C15H28O5. The average molecular weight is 288 g/mol. The van der Waals surface area contributed by atoms with Gasteiger partial charge in [-0.2, -0.15) is 0 Å². The second kappa shape index (κ2) is 10.8. The average Bonchev–Trinajstić information content (AvgIpc) is 2.44. The number of carbonyl (C=O) groups excluding carboxylic acids is 2. The molecule has 0 saturated heterocycles. The maximum absolute atomic E-state index is 11.9. The normalized spacial score (nSPS) is 12.8. The van der Waals surface area contributed by atoms with Crippen molar-refractivity contribution in [3.05, 3.63) is 0 Å². The molecule has 1 atom stereocenters. The Hall–Kier alpha value is -0.940. The van der Waals surface area contributed by atoms with E-state index >= 15 is 0 Å². The predicted molar refractivity (Wildman–Crippen MR) is 76.2 cm³/mol. The summed E-state index contributed by atoms with van der Waals surface area (Å²) in [6, 6.07) is 0. The van der Waals surface area contributed by atoms with Gasteiger partial charge in [0.15, 0.2) is 6.29 Å². The van der Waals surface area contributed by atoms with Gasteiger partial charge in [-0.15, -0.1) is 0 Å². The lowest BCUT2D eigenvalue weighted by atomic mass is 9.86. The van der Waals surface area contributed by atoms with Crippen LogP contribution in [0.15, 0.2) is 0 Å². The van der Waals surface area contributed by atoms with Crippen LogP contribution in [0, 0.1) is 11.8 Å². The highest BCUT2D eigenvalue weighted by Crippen LogP contribution is 2.23. The fraction of sp³-hybridized carbons (Fsp3) is 0.867. The van der Waals surface area contributed by atoms with E-state index in [0.717, 1.165) is 12.8 Å². The molecule has 0 fully saturated rings. The molecular weight excluding hydrogens is 260 g/mol. The number of hydrogen-bond donors (Lipinski definition) is 0. The summed E-state index contributed by atoms with van der Waals surface area (Å²) in [4.78, 5) is 22.9. The van der Waals surface area contributed by atoms with E-state index in [0.29, 0.717) is 12.3 Å². The highest BCUT2D eigenvalue weighted by atomic mass is 16.7. The third-order valence-electron chi connectivity index (χ3n) is 3.57. The van der Waals surface area contributed by atoms with Crippen molar-refractivity contribution in [2.75, 3.05) is 21.3 Å². The minimum Gasteiger partial charge on any atom is -0.469 e. The van der Waals surface area contributed by atoms with E-state index in [9.17, 15) is 9.59 Å². The lowest BCUT2D eigenvalue weighted by Crippen LogP contribution is -2.19. The number of rotatable bonds is 11. The molecule has 5 heteroatoms. The number of ether oxygens (including phenoxy) is 3. The Morgan fingerprint density at radius 2 is 1.55 bits per heavy atom. The number of ketones is 1. The van der Waals surface area contributed by atoms with Crippen LogP contribution >= 0.6 is 0 Å². The van der Waals surface area contributed by atoms with Crippen LogP contribution < -0.4 is 0 Å². The van der Waals surface area contributed by atoms with Crippen LogP contribution in [0.5, 0.6) is 0 Å². The standard InChI is InChI=1S/C15H28O5/c1-11(2)12(6-9-15(19-4)20-5)10-13(16)7-8-14(17)18-3/h11-12,15H,6-10H2,1-5H3. The molecule has 0 N–H and O–H groups in total. The summed E-state index contributed by atoms with van der Waals surface area (Å²) in [5.41, 5.74) is 0. The fourth-order valence-electron chi connectivity index (χ4n) is 2.09. The quantitative estimate of drug-likeness (QED) is 0.432. The zero-order chi connectivity index (χ0) is 15.5. The molecule has 0 spiro atoms. The zero-order valence-corrected chi connectivity index (χ0v) is 13.3. The van der Waals surface area contributed by atoms with Crippen molar-refractivity contribution in [2.24, 2.45) is 11.8 Å². The second-order valence-corrected chi connectivity index (χ2v) is 5.30. The predicted octanol–water partition coefficient (Wildman–Crippen LogP) is 2.57. The minimum atomic E-state index is -0.335. The summed E-state index contributed by atoms with van der Waals surface area (Å²) >= 11 is 0. The van der Waals surface area contributed by atoms with Gasteiger partial charge >= 0.3 is 5.97 Å². The number of Topliss-reactive ketones (excluding diaryl/α,β-unsaturated/α-hetero) is 1. The summed E-state index contributed by atoms with van der Waals surface area (Å²) < 4.78 is 14.9. The first kappa shape index (κ1) is 19.1. The van der Waals surface area contributed by atoms with Crippen LogP contribution in [-0.2, 0) is 23.8 Å². The molecule has 0 aliphatic heterocycles. The summed E-state index contributed by atoms with van der Waals surface area (Å²) in [5, 5.41) is 0. The monoisotopic (exact) mass is 288 g/mol. The van der Waals surface area contributed by atoms with E-state index in [4.69, 9.17) is 9.47 Å². The fourth-order valence-corrected chi connectivity index (χ4v) is 2.09. The highest BCUT2D eigenvalue weighted by molar-refractivity contribution is 5.83. The molecule has 0 radical (unpaired) electrons. The van der Waals surface area contributed by atoms with Gasteiger partial charge in [0.2, 0.25) is 0 Å². The van der Waals surface area contributed by atoms with Gasteiger partial charge in [-0.3, -0.25) is 9.59 Å². The molecule has 0 aromatic carbocycles. The van der Waals surface area contributed by atoms with E-state index in [2.05, 4.69) is 18.6 Å². The van der Waals surface area contributed by atoms with Crippen molar-refractivity contribution in [3.8, 4) is 0 Å². The van der Waals surface area contributed by atoms with Gasteiger partial charge in [0, 0.05) is 27.1 Å². The highest BCUT2D eigenvalue weighted by Gasteiger charge is 2.20. The summed E-state index contributed by atoms with van der Waals surface area (Å²) in [6.45, 7) is 4.21. The Kier molecular flexibility index (Phi) is 10.3. The summed E-state index contributed by atoms with van der Waals surface area (Å²) in [5.74, 6) is 0.471. The van der Waals surface area contributed by atoms with Gasteiger partial charge < -0.3 is 14.2 Å². The maximum Gasteiger partial charge on any atom is 0.305 e. The number of methoxy groups -OCH3 is 3. The van der Waals surface area contributed by atoms with E-state index in [1.165, 1.54) is 7.11 Å². The van der Waals surface area contributed by atoms with Crippen molar-refractivity contribution in [3.63, 3.8) is 0 Å². The largest absolute Gasteiger partial charge is 0.469 e. The van der Waals surface area contributed by atoms with Crippen molar-refractivity contribution < 1.29 is 23.8 Å². The Morgan fingerprint density at radius 1 is 0.950 bits per heavy atom. The first-order valence-electron chi connectivity index (χ1n) is 7.08. The van der Waals surface area contributed by atoms with Crippen molar-refractivity contribution in [1.29, 1.82) is 0 Å². The lowest BCUT2D eigenvalue weighted by molar-refractivity contribution is -0.142. The van der Waals surface area contributed by atoms with Crippen LogP contribution in [-0.4, -0.2) is 39.4 Å². The molecule has 1 unspecified atom stereocenters. The SMILES string of the molecule is COC(=O)CCC(=O)CC(CCC(OC)OC)C(C)C. The molecule has 0 aromatic rings. The third-order valence-corrected chi connectivity index (χ3v) is 3.57. The Balaban J connectivity index is 4.19. The van der Waals surface area contributed by atoms with Crippen molar-refractivity contribution in [2.45, 2.75) is 52.2 Å². The Labute approximate surface area is 122 Å². The van der Waals surface area contributed by atoms with Gasteiger partial charge in [-0.25, -0.2) is 0 Å². The van der Waals surface area contributed by atoms with Crippen LogP contribution in [0.4, 0.5) is 0 Å². The maximum atomic E-state index is 11.9. The van der Waals surface area contributed by atoms with E-state index < -0.39 is 0 Å². The molecule has 20 heavy (non-hydrogen) atoms. The van der Waals surface area contributed by atoms with Gasteiger partial charge in [0.05, 0.1) is 13.5 Å². The molecule has 0 amide bonds. The van der Waals surface area contributed by atoms with Gasteiger partial charge in [-0.05, 0) is 24.7 Å². The molecule has 0 heterocycles. The summed E-state index contributed by atoms with van der Waals surface area (Å²) in [6.07, 6.45) is 2.33. The van der Waals surface area contributed by atoms with E-state index in [1.807, 2.05) is 0 Å².